The van der Waals surface area contributed by atoms with Gasteiger partial charge in [0.1, 0.15) is 0 Å². The monoisotopic (exact) mass is 261 g/mol. The lowest BCUT2D eigenvalue weighted by molar-refractivity contribution is 0.200. The topological polar surface area (TPSA) is 37.4 Å². The van der Waals surface area contributed by atoms with Crippen LogP contribution in [0.2, 0.25) is 0 Å². The van der Waals surface area contributed by atoms with Gasteiger partial charge < -0.3 is 0 Å². The van der Waals surface area contributed by atoms with Crippen LogP contribution in [-0.4, -0.2) is 37.5 Å². The second-order valence-corrected chi connectivity index (χ2v) is 5.93. The van der Waals surface area contributed by atoms with E-state index in [4.69, 9.17) is 11.6 Å². The number of hydrogen-bond donors (Lipinski definition) is 0. The summed E-state index contributed by atoms with van der Waals surface area (Å²) in [4.78, 5) is 0. The minimum Gasteiger partial charge on any atom is -0.206 e. The van der Waals surface area contributed by atoms with Crippen LogP contribution in [0, 0.1) is 5.92 Å². The first-order chi connectivity index (χ1) is 6.98. The molecule has 1 aliphatic rings. The van der Waals surface area contributed by atoms with E-state index < -0.39 is 15.8 Å². The summed E-state index contributed by atoms with van der Waals surface area (Å²) in [6.07, 6.45) is 2.17. The van der Waals surface area contributed by atoms with Crippen LogP contribution in [0.4, 0.5) is 8.78 Å². The lowest BCUT2D eigenvalue weighted by atomic mass is 9.97. The summed E-state index contributed by atoms with van der Waals surface area (Å²) in [6.45, 7) is 0.380. The zero-order valence-electron chi connectivity index (χ0n) is 8.20. The number of piperidine rings is 1. The highest BCUT2D eigenvalue weighted by Crippen LogP contribution is 2.24. The fourth-order valence-electron chi connectivity index (χ4n) is 1.76. The number of hydrogen-bond acceptors (Lipinski definition) is 2. The van der Waals surface area contributed by atoms with Gasteiger partial charge in [-0.15, -0.1) is 11.6 Å². The third kappa shape index (κ3) is 3.26. The summed E-state index contributed by atoms with van der Waals surface area (Å²) in [5, 5.41) is 0. The molecule has 1 rings (SSSR count). The smallest absolute Gasteiger partial charge is 0.206 e. The fourth-order valence-corrected chi connectivity index (χ4v) is 3.10. The minimum absolute atomic E-state index is 0.116. The van der Waals surface area contributed by atoms with Crippen LogP contribution in [0.15, 0.2) is 0 Å². The largest absolute Gasteiger partial charge is 0.350 e. The molecule has 0 saturated carbocycles. The summed E-state index contributed by atoms with van der Waals surface area (Å²) >= 11 is 5.54. The number of halogens is 3. The molecule has 0 amide bonds. The first kappa shape index (κ1) is 13.1. The molecule has 1 aliphatic heterocycles. The van der Waals surface area contributed by atoms with Crippen molar-refractivity contribution in [1.82, 2.24) is 4.31 Å². The van der Waals surface area contributed by atoms with Crippen molar-refractivity contribution in [2.24, 2.45) is 5.92 Å². The van der Waals surface area contributed by atoms with Crippen molar-refractivity contribution < 1.29 is 17.2 Å². The lowest BCUT2D eigenvalue weighted by Crippen LogP contribution is -2.42. The molecule has 7 heteroatoms. The molecule has 0 aromatic carbocycles. The molecule has 0 aromatic heterocycles. The van der Waals surface area contributed by atoms with Gasteiger partial charge in [-0.05, 0) is 25.2 Å². The molecule has 0 aromatic rings. The van der Waals surface area contributed by atoms with Crippen LogP contribution >= 0.6 is 11.6 Å². The highest BCUT2D eigenvalue weighted by Gasteiger charge is 2.35. The van der Waals surface area contributed by atoms with Crippen molar-refractivity contribution in [1.29, 1.82) is 0 Å². The average Bonchev–Trinajstić information content (AvgIpc) is 2.18. The number of alkyl halides is 3. The van der Waals surface area contributed by atoms with Crippen molar-refractivity contribution >= 4 is 21.6 Å². The minimum atomic E-state index is -4.39. The van der Waals surface area contributed by atoms with E-state index in [1.165, 1.54) is 0 Å². The zero-order chi connectivity index (χ0) is 11.5. The predicted octanol–water partition coefficient (Wildman–Crippen LogP) is 1.88. The van der Waals surface area contributed by atoms with E-state index in [2.05, 4.69) is 0 Å². The van der Waals surface area contributed by atoms with Crippen LogP contribution in [-0.2, 0) is 10.0 Å². The van der Waals surface area contributed by atoms with Gasteiger partial charge in [-0.1, -0.05) is 0 Å². The molecule has 1 atom stereocenters. The standard InChI is InChI=1S/C8H14ClF2NO2S/c9-4-3-7-2-1-5-12(6-7)15(13,14)8(10)11/h7-8H,1-6H2. The Bertz CT molecular complexity index is 295. The fraction of sp³-hybridized carbons (Fsp3) is 1.00. The molecule has 1 fully saturated rings. The Morgan fingerprint density at radius 2 is 2.13 bits per heavy atom. The Morgan fingerprint density at radius 3 is 2.67 bits per heavy atom. The van der Waals surface area contributed by atoms with E-state index in [1.807, 2.05) is 0 Å². The first-order valence-corrected chi connectivity index (χ1v) is 6.85. The first-order valence-electron chi connectivity index (χ1n) is 4.81. The van der Waals surface area contributed by atoms with Gasteiger partial charge in [0.25, 0.3) is 10.0 Å². The maximum atomic E-state index is 12.3. The molecule has 0 radical (unpaired) electrons. The van der Waals surface area contributed by atoms with E-state index in [9.17, 15) is 17.2 Å². The second-order valence-electron chi connectivity index (χ2n) is 3.65. The molecule has 0 aliphatic carbocycles. The van der Waals surface area contributed by atoms with Crippen molar-refractivity contribution in [2.75, 3.05) is 19.0 Å². The maximum absolute atomic E-state index is 12.3. The van der Waals surface area contributed by atoms with Gasteiger partial charge in [0, 0.05) is 19.0 Å². The van der Waals surface area contributed by atoms with Crippen LogP contribution in [0.1, 0.15) is 19.3 Å². The third-order valence-corrected chi connectivity index (χ3v) is 4.30. The SMILES string of the molecule is O=S(=O)(C(F)F)N1CCCC(CCCl)C1. The summed E-state index contributed by atoms with van der Waals surface area (Å²) in [5.41, 5.74) is 0. The molecule has 1 heterocycles. The summed E-state index contributed by atoms with van der Waals surface area (Å²) in [5.74, 6) is -2.76. The lowest BCUT2D eigenvalue weighted by Gasteiger charge is -2.31. The van der Waals surface area contributed by atoms with Crippen LogP contribution in [0.3, 0.4) is 0 Å². The van der Waals surface area contributed by atoms with Gasteiger partial charge in [0.15, 0.2) is 0 Å². The van der Waals surface area contributed by atoms with Crippen molar-refractivity contribution in [3.8, 4) is 0 Å². The third-order valence-electron chi connectivity index (χ3n) is 2.58. The molecule has 0 bridgehead atoms. The average molecular weight is 262 g/mol. The van der Waals surface area contributed by atoms with E-state index in [0.29, 0.717) is 18.7 Å². The molecule has 1 saturated heterocycles. The van der Waals surface area contributed by atoms with Crippen molar-refractivity contribution in [3.05, 3.63) is 0 Å². The van der Waals surface area contributed by atoms with E-state index in [1.54, 1.807) is 0 Å². The molecule has 0 N–H and O–H groups in total. The van der Waals surface area contributed by atoms with E-state index >= 15 is 0 Å². The Labute approximate surface area is 93.4 Å². The molecular formula is C8H14ClF2NO2S. The number of nitrogens with zero attached hydrogens (tertiary/aromatic N) is 1. The number of rotatable bonds is 4. The molecule has 3 nitrogen and oxygen atoms in total. The Balaban J connectivity index is 2.64. The zero-order valence-corrected chi connectivity index (χ0v) is 9.78. The van der Waals surface area contributed by atoms with Crippen LogP contribution in [0.25, 0.3) is 0 Å². The van der Waals surface area contributed by atoms with Gasteiger partial charge in [-0.2, -0.15) is 13.1 Å². The Morgan fingerprint density at radius 1 is 1.47 bits per heavy atom. The molecular weight excluding hydrogens is 248 g/mol. The summed E-state index contributed by atoms with van der Waals surface area (Å²) in [6, 6.07) is 0. The Hall–Kier alpha value is 0.0600. The summed E-state index contributed by atoms with van der Waals surface area (Å²) < 4.78 is 47.8. The molecule has 0 spiro atoms. The number of sulfonamides is 1. The highest BCUT2D eigenvalue weighted by atomic mass is 35.5. The summed E-state index contributed by atoms with van der Waals surface area (Å²) in [7, 11) is -4.39. The van der Waals surface area contributed by atoms with Gasteiger partial charge in [0.05, 0.1) is 0 Å². The van der Waals surface area contributed by atoms with Crippen LogP contribution in [0.5, 0.6) is 0 Å². The van der Waals surface area contributed by atoms with Crippen molar-refractivity contribution in [2.45, 2.75) is 25.0 Å². The second kappa shape index (κ2) is 5.41. The maximum Gasteiger partial charge on any atom is 0.350 e. The van der Waals surface area contributed by atoms with Gasteiger partial charge in [0.2, 0.25) is 0 Å². The predicted molar refractivity (Wildman–Crippen MR) is 54.6 cm³/mol. The quantitative estimate of drug-likeness (QED) is 0.725. The molecule has 90 valence electrons. The van der Waals surface area contributed by atoms with E-state index in [-0.39, 0.29) is 19.0 Å². The van der Waals surface area contributed by atoms with Crippen molar-refractivity contribution in [3.63, 3.8) is 0 Å². The van der Waals surface area contributed by atoms with Crippen LogP contribution < -0.4 is 0 Å². The van der Waals surface area contributed by atoms with Gasteiger partial charge in [-0.25, -0.2) is 8.42 Å². The van der Waals surface area contributed by atoms with Gasteiger partial charge >= 0.3 is 5.76 Å². The molecule has 15 heavy (non-hydrogen) atoms. The van der Waals surface area contributed by atoms with E-state index in [0.717, 1.165) is 10.7 Å². The Kier molecular flexibility index (Phi) is 4.73. The molecule has 1 unspecified atom stereocenters. The normalized spacial score (nSPS) is 24.7. The highest BCUT2D eigenvalue weighted by molar-refractivity contribution is 7.89. The van der Waals surface area contributed by atoms with Gasteiger partial charge in [-0.3, -0.25) is 0 Å².